The maximum atomic E-state index is 5.59. The second-order valence-corrected chi connectivity index (χ2v) is 3.28. The molecule has 3 heteroatoms. The Morgan fingerprint density at radius 1 is 1.33 bits per heavy atom. The second-order valence-electron chi connectivity index (χ2n) is 3.28. The Morgan fingerprint density at radius 3 is 2.87 bits per heavy atom. The zero-order valence-electron chi connectivity index (χ0n) is 8.73. The number of hydrogen-bond donors (Lipinski definition) is 1. The SMILES string of the molecule is CCOc1nc(CN)cc2ccccc12. The third kappa shape index (κ3) is 1.92. The molecule has 15 heavy (non-hydrogen) atoms. The number of ether oxygens (including phenoxy) is 1. The maximum absolute atomic E-state index is 5.59. The lowest BCUT2D eigenvalue weighted by Crippen LogP contribution is -2.03. The van der Waals surface area contributed by atoms with Crippen LogP contribution in [-0.2, 0) is 6.54 Å². The molecule has 0 atom stereocenters. The van der Waals surface area contributed by atoms with E-state index in [4.69, 9.17) is 10.5 Å². The first-order valence-electron chi connectivity index (χ1n) is 5.06. The number of nitrogens with zero attached hydrogens (tertiary/aromatic N) is 1. The lowest BCUT2D eigenvalue weighted by atomic mass is 10.1. The summed E-state index contributed by atoms with van der Waals surface area (Å²) in [7, 11) is 0. The Labute approximate surface area is 88.9 Å². The molecular formula is C12H14N2O. The Bertz CT molecular complexity index is 468. The number of pyridine rings is 1. The summed E-state index contributed by atoms with van der Waals surface area (Å²) in [5, 5.41) is 2.16. The van der Waals surface area contributed by atoms with Crippen LogP contribution in [0, 0.1) is 0 Å². The van der Waals surface area contributed by atoms with Gasteiger partial charge in [-0.25, -0.2) is 4.98 Å². The fourth-order valence-corrected chi connectivity index (χ4v) is 1.57. The quantitative estimate of drug-likeness (QED) is 0.829. The molecule has 1 aromatic carbocycles. The normalized spacial score (nSPS) is 10.5. The molecule has 0 aliphatic rings. The van der Waals surface area contributed by atoms with E-state index in [9.17, 15) is 0 Å². The van der Waals surface area contributed by atoms with Gasteiger partial charge in [0, 0.05) is 11.9 Å². The molecule has 0 aliphatic heterocycles. The number of rotatable bonds is 3. The van der Waals surface area contributed by atoms with Gasteiger partial charge in [-0.2, -0.15) is 0 Å². The lowest BCUT2D eigenvalue weighted by Gasteiger charge is -2.08. The Morgan fingerprint density at radius 2 is 2.13 bits per heavy atom. The smallest absolute Gasteiger partial charge is 0.221 e. The Balaban J connectivity index is 2.63. The number of hydrogen-bond acceptors (Lipinski definition) is 3. The van der Waals surface area contributed by atoms with Gasteiger partial charge in [-0.05, 0) is 24.4 Å². The van der Waals surface area contributed by atoms with Gasteiger partial charge in [-0.15, -0.1) is 0 Å². The maximum Gasteiger partial charge on any atom is 0.221 e. The van der Waals surface area contributed by atoms with Crippen molar-refractivity contribution in [1.82, 2.24) is 4.98 Å². The van der Waals surface area contributed by atoms with Crippen molar-refractivity contribution in [3.63, 3.8) is 0 Å². The highest BCUT2D eigenvalue weighted by Gasteiger charge is 2.04. The molecule has 0 fully saturated rings. The summed E-state index contributed by atoms with van der Waals surface area (Å²) in [5.41, 5.74) is 6.45. The summed E-state index contributed by atoms with van der Waals surface area (Å²) in [5.74, 6) is 0.677. The van der Waals surface area contributed by atoms with Crippen LogP contribution in [-0.4, -0.2) is 11.6 Å². The largest absolute Gasteiger partial charge is 0.478 e. The summed E-state index contributed by atoms with van der Waals surface area (Å²) in [6, 6.07) is 10.0. The monoisotopic (exact) mass is 202 g/mol. The van der Waals surface area contributed by atoms with Crippen LogP contribution in [0.2, 0.25) is 0 Å². The molecule has 3 nitrogen and oxygen atoms in total. The zero-order valence-corrected chi connectivity index (χ0v) is 8.73. The van der Waals surface area contributed by atoms with E-state index in [0.29, 0.717) is 19.0 Å². The van der Waals surface area contributed by atoms with Crippen LogP contribution in [0.4, 0.5) is 0 Å². The van der Waals surface area contributed by atoms with E-state index in [1.165, 1.54) is 0 Å². The fourth-order valence-electron chi connectivity index (χ4n) is 1.57. The summed E-state index contributed by atoms with van der Waals surface area (Å²) in [4.78, 5) is 4.36. The molecule has 0 unspecified atom stereocenters. The minimum absolute atomic E-state index is 0.435. The number of aromatic nitrogens is 1. The minimum Gasteiger partial charge on any atom is -0.478 e. The molecule has 0 spiro atoms. The molecule has 1 heterocycles. The summed E-state index contributed by atoms with van der Waals surface area (Å²) in [6.07, 6.45) is 0. The van der Waals surface area contributed by atoms with Crippen molar-refractivity contribution in [2.45, 2.75) is 13.5 Å². The van der Waals surface area contributed by atoms with Gasteiger partial charge in [0.25, 0.3) is 0 Å². The Hall–Kier alpha value is -1.61. The van der Waals surface area contributed by atoms with E-state index in [-0.39, 0.29) is 0 Å². The van der Waals surface area contributed by atoms with Crippen LogP contribution < -0.4 is 10.5 Å². The molecule has 1 aromatic heterocycles. The molecule has 0 saturated heterocycles. The van der Waals surface area contributed by atoms with Crippen molar-refractivity contribution in [3.8, 4) is 5.88 Å². The third-order valence-electron chi connectivity index (χ3n) is 2.25. The van der Waals surface area contributed by atoms with Gasteiger partial charge < -0.3 is 10.5 Å². The van der Waals surface area contributed by atoms with Gasteiger partial charge in [0.2, 0.25) is 5.88 Å². The van der Waals surface area contributed by atoms with Gasteiger partial charge in [0.15, 0.2) is 0 Å². The van der Waals surface area contributed by atoms with Crippen LogP contribution in [0.5, 0.6) is 5.88 Å². The van der Waals surface area contributed by atoms with Crippen LogP contribution in [0.3, 0.4) is 0 Å². The molecule has 2 aromatic rings. The summed E-state index contributed by atoms with van der Waals surface area (Å²) < 4.78 is 5.49. The highest BCUT2D eigenvalue weighted by atomic mass is 16.5. The van der Waals surface area contributed by atoms with Crippen molar-refractivity contribution in [2.24, 2.45) is 5.73 Å². The predicted molar refractivity (Wildman–Crippen MR) is 60.8 cm³/mol. The van der Waals surface area contributed by atoms with E-state index in [1.807, 2.05) is 37.3 Å². The third-order valence-corrected chi connectivity index (χ3v) is 2.25. The van der Waals surface area contributed by atoms with Crippen molar-refractivity contribution in [1.29, 1.82) is 0 Å². The molecule has 0 amide bonds. The fraction of sp³-hybridized carbons (Fsp3) is 0.250. The number of benzene rings is 1. The van der Waals surface area contributed by atoms with Gasteiger partial charge >= 0.3 is 0 Å². The molecule has 0 radical (unpaired) electrons. The van der Waals surface area contributed by atoms with Crippen LogP contribution in [0.1, 0.15) is 12.6 Å². The average molecular weight is 202 g/mol. The van der Waals surface area contributed by atoms with Crippen LogP contribution in [0.25, 0.3) is 10.8 Å². The lowest BCUT2D eigenvalue weighted by molar-refractivity contribution is 0.330. The van der Waals surface area contributed by atoms with Crippen molar-refractivity contribution < 1.29 is 4.74 Å². The van der Waals surface area contributed by atoms with Gasteiger partial charge in [-0.3, -0.25) is 0 Å². The Kier molecular flexibility index (Phi) is 2.83. The molecule has 2 N–H and O–H groups in total. The zero-order chi connectivity index (χ0) is 10.7. The van der Waals surface area contributed by atoms with E-state index in [2.05, 4.69) is 4.98 Å². The standard InChI is InChI=1S/C12H14N2O/c1-2-15-12-11-6-4-3-5-9(11)7-10(8-13)14-12/h3-7H,2,8,13H2,1H3. The molecule has 78 valence electrons. The molecule has 0 aliphatic carbocycles. The first-order chi connectivity index (χ1) is 7.35. The van der Waals surface area contributed by atoms with E-state index in [1.54, 1.807) is 0 Å². The predicted octanol–water partition coefficient (Wildman–Crippen LogP) is 2.09. The van der Waals surface area contributed by atoms with Crippen molar-refractivity contribution in [2.75, 3.05) is 6.61 Å². The second kappa shape index (κ2) is 4.28. The van der Waals surface area contributed by atoms with Gasteiger partial charge in [0.05, 0.1) is 12.3 Å². The van der Waals surface area contributed by atoms with Gasteiger partial charge in [-0.1, -0.05) is 18.2 Å². The topological polar surface area (TPSA) is 48.1 Å². The minimum atomic E-state index is 0.435. The van der Waals surface area contributed by atoms with Crippen LogP contribution in [0.15, 0.2) is 30.3 Å². The highest BCUT2D eigenvalue weighted by molar-refractivity contribution is 5.87. The average Bonchev–Trinajstić information content (AvgIpc) is 2.29. The van der Waals surface area contributed by atoms with E-state index < -0.39 is 0 Å². The summed E-state index contributed by atoms with van der Waals surface area (Å²) in [6.45, 7) is 3.00. The summed E-state index contributed by atoms with van der Waals surface area (Å²) >= 11 is 0. The first kappa shape index (κ1) is 9.93. The number of nitrogens with two attached hydrogens (primary N) is 1. The number of fused-ring (bicyclic) bond motifs is 1. The van der Waals surface area contributed by atoms with Crippen molar-refractivity contribution in [3.05, 3.63) is 36.0 Å². The highest BCUT2D eigenvalue weighted by Crippen LogP contribution is 2.24. The van der Waals surface area contributed by atoms with E-state index in [0.717, 1.165) is 16.5 Å². The van der Waals surface area contributed by atoms with Gasteiger partial charge in [0.1, 0.15) is 0 Å². The van der Waals surface area contributed by atoms with Crippen molar-refractivity contribution >= 4 is 10.8 Å². The molecule has 0 bridgehead atoms. The molecule has 0 saturated carbocycles. The molecule has 2 rings (SSSR count). The van der Waals surface area contributed by atoms with Crippen LogP contribution >= 0.6 is 0 Å². The first-order valence-corrected chi connectivity index (χ1v) is 5.06. The molecular weight excluding hydrogens is 188 g/mol. The van der Waals surface area contributed by atoms with E-state index >= 15 is 0 Å².